The van der Waals surface area contributed by atoms with E-state index in [1.807, 2.05) is 24.3 Å². The summed E-state index contributed by atoms with van der Waals surface area (Å²) in [6, 6.07) is 10.9. The van der Waals surface area contributed by atoms with E-state index in [2.05, 4.69) is 10.2 Å². The van der Waals surface area contributed by atoms with Crippen molar-refractivity contribution < 1.29 is 23.6 Å². The van der Waals surface area contributed by atoms with Gasteiger partial charge in [-0.1, -0.05) is 0 Å². The Morgan fingerprint density at radius 1 is 1.19 bits per heavy atom. The van der Waals surface area contributed by atoms with Gasteiger partial charge in [-0.25, -0.2) is 8.78 Å². The standard InChI is InChI=1S/C20H23F2N3O2/c1-14(18-7-2-15(21)12-19(18)22)23-13-20(26)24-16-3-5-17(6-4-16)25-8-10-27-11-9-25/h2-7,12,14,23H,8-11,13H2,1H3,(H,24,26)/p+1/t14-/m1/s1. The van der Waals surface area contributed by atoms with Gasteiger partial charge in [-0.3, -0.25) is 4.79 Å². The fraction of sp³-hybridized carbons (Fsp3) is 0.350. The number of amides is 1. The summed E-state index contributed by atoms with van der Waals surface area (Å²) < 4.78 is 32.1. The first-order chi connectivity index (χ1) is 13.0. The molecular formula is C20H24F2N3O2+. The number of hydrogen-bond donors (Lipinski definition) is 2. The molecule has 1 saturated heterocycles. The van der Waals surface area contributed by atoms with Crippen molar-refractivity contribution in [2.45, 2.75) is 13.0 Å². The molecule has 1 atom stereocenters. The van der Waals surface area contributed by atoms with Gasteiger partial charge in [0, 0.05) is 36.1 Å². The number of quaternary nitrogens is 1. The van der Waals surface area contributed by atoms with Gasteiger partial charge in [0.1, 0.15) is 17.7 Å². The van der Waals surface area contributed by atoms with Crippen molar-refractivity contribution in [3.05, 3.63) is 59.7 Å². The highest BCUT2D eigenvalue weighted by molar-refractivity contribution is 5.91. The Labute approximate surface area is 157 Å². The molecule has 3 N–H and O–H groups in total. The van der Waals surface area contributed by atoms with Crippen molar-refractivity contribution in [1.82, 2.24) is 0 Å². The van der Waals surface area contributed by atoms with E-state index in [0.717, 1.165) is 38.1 Å². The largest absolute Gasteiger partial charge is 0.378 e. The van der Waals surface area contributed by atoms with Crippen LogP contribution in [0.25, 0.3) is 0 Å². The summed E-state index contributed by atoms with van der Waals surface area (Å²) in [5.41, 5.74) is 2.19. The molecule has 0 radical (unpaired) electrons. The summed E-state index contributed by atoms with van der Waals surface area (Å²) in [5, 5.41) is 4.55. The molecule has 0 aliphatic carbocycles. The van der Waals surface area contributed by atoms with E-state index in [-0.39, 0.29) is 18.5 Å². The van der Waals surface area contributed by atoms with Crippen molar-refractivity contribution in [3.8, 4) is 0 Å². The van der Waals surface area contributed by atoms with E-state index in [1.54, 1.807) is 12.2 Å². The normalized spacial score (nSPS) is 15.4. The highest BCUT2D eigenvalue weighted by Gasteiger charge is 2.16. The molecule has 1 heterocycles. The van der Waals surface area contributed by atoms with Crippen molar-refractivity contribution in [2.75, 3.05) is 43.1 Å². The summed E-state index contributed by atoms with van der Waals surface area (Å²) in [6.07, 6.45) is 0. The number of ether oxygens (including phenoxy) is 1. The SMILES string of the molecule is C[C@@H]([NH2+]CC(=O)Nc1ccc(N2CCOCC2)cc1)c1ccc(F)cc1F. The van der Waals surface area contributed by atoms with Gasteiger partial charge >= 0.3 is 0 Å². The van der Waals surface area contributed by atoms with Gasteiger partial charge in [0.15, 0.2) is 6.54 Å². The topological polar surface area (TPSA) is 58.2 Å². The summed E-state index contributed by atoms with van der Waals surface area (Å²) >= 11 is 0. The monoisotopic (exact) mass is 376 g/mol. The third-order valence-corrected chi connectivity index (χ3v) is 4.64. The van der Waals surface area contributed by atoms with E-state index in [1.165, 1.54) is 12.1 Å². The summed E-state index contributed by atoms with van der Waals surface area (Å²) in [5.74, 6) is -1.39. The van der Waals surface area contributed by atoms with Gasteiger partial charge in [0.2, 0.25) is 0 Å². The summed E-state index contributed by atoms with van der Waals surface area (Å²) in [7, 11) is 0. The lowest BCUT2D eigenvalue weighted by Gasteiger charge is -2.28. The Balaban J connectivity index is 1.50. The number of nitrogens with two attached hydrogens (primary N) is 1. The molecule has 0 saturated carbocycles. The molecule has 0 spiro atoms. The number of hydrogen-bond acceptors (Lipinski definition) is 3. The Morgan fingerprint density at radius 2 is 1.89 bits per heavy atom. The molecule has 1 aliphatic rings. The smallest absolute Gasteiger partial charge is 0.279 e. The first kappa shape index (κ1) is 19.3. The fourth-order valence-corrected chi connectivity index (χ4v) is 3.07. The second-order valence-corrected chi connectivity index (χ2v) is 6.59. The molecule has 1 fully saturated rings. The number of morpholine rings is 1. The second-order valence-electron chi connectivity index (χ2n) is 6.59. The maximum Gasteiger partial charge on any atom is 0.279 e. The molecule has 0 unspecified atom stereocenters. The van der Waals surface area contributed by atoms with E-state index in [4.69, 9.17) is 4.74 Å². The van der Waals surface area contributed by atoms with Crippen LogP contribution in [0, 0.1) is 11.6 Å². The molecule has 0 bridgehead atoms. The van der Waals surface area contributed by atoms with Gasteiger partial charge in [0.25, 0.3) is 5.91 Å². The number of halogens is 2. The Hall–Kier alpha value is -2.51. The molecule has 27 heavy (non-hydrogen) atoms. The van der Waals surface area contributed by atoms with Crippen LogP contribution in [0.5, 0.6) is 0 Å². The number of nitrogens with one attached hydrogen (secondary N) is 1. The zero-order valence-electron chi connectivity index (χ0n) is 15.3. The molecule has 7 heteroatoms. The third kappa shape index (κ3) is 5.24. The molecule has 2 aromatic rings. The third-order valence-electron chi connectivity index (χ3n) is 4.64. The number of carbonyl (C=O) groups excluding carboxylic acids is 1. The van der Waals surface area contributed by atoms with Crippen LogP contribution in [-0.4, -0.2) is 38.8 Å². The number of rotatable bonds is 6. The van der Waals surface area contributed by atoms with Gasteiger partial charge in [-0.15, -0.1) is 0 Å². The maximum absolute atomic E-state index is 13.8. The predicted molar refractivity (Wildman–Crippen MR) is 99.7 cm³/mol. The first-order valence-corrected chi connectivity index (χ1v) is 9.04. The fourth-order valence-electron chi connectivity index (χ4n) is 3.07. The molecule has 144 valence electrons. The average molecular weight is 376 g/mol. The average Bonchev–Trinajstić information content (AvgIpc) is 2.67. The van der Waals surface area contributed by atoms with Crippen molar-refractivity contribution in [3.63, 3.8) is 0 Å². The van der Waals surface area contributed by atoms with E-state index < -0.39 is 11.6 Å². The molecule has 1 amide bonds. The Morgan fingerprint density at radius 3 is 2.56 bits per heavy atom. The Kier molecular flexibility index (Phi) is 6.36. The zero-order chi connectivity index (χ0) is 19.2. The van der Waals surface area contributed by atoms with Crippen LogP contribution in [0.15, 0.2) is 42.5 Å². The molecular weight excluding hydrogens is 352 g/mol. The zero-order valence-corrected chi connectivity index (χ0v) is 15.3. The lowest BCUT2D eigenvalue weighted by Crippen LogP contribution is -2.86. The van der Waals surface area contributed by atoms with Crippen LogP contribution < -0.4 is 15.5 Å². The van der Waals surface area contributed by atoms with Crippen LogP contribution in [-0.2, 0) is 9.53 Å². The molecule has 3 rings (SSSR count). The molecule has 5 nitrogen and oxygen atoms in total. The van der Waals surface area contributed by atoms with E-state index in [9.17, 15) is 13.6 Å². The minimum atomic E-state index is -0.610. The lowest BCUT2D eigenvalue weighted by molar-refractivity contribution is -0.682. The van der Waals surface area contributed by atoms with Crippen LogP contribution in [0.2, 0.25) is 0 Å². The first-order valence-electron chi connectivity index (χ1n) is 9.04. The van der Waals surface area contributed by atoms with Gasteiger partial charge in [0.05, 0.1) is 13.2 Å². The van der Waals surface area contributed by atoms with Crippen molar-refractivity contribution in [2.24, 2.45) is 0 Å². The van der Waals surface area contributed by atoms with Crippen molar-refractivity contribution >= 4 is 17.3 Å². The summed E-state index contributed by atoms with van der Waals surface area (Å²) in [6.45, 7) is 5.09. The quantitative estimate of drug-likeness (QED) is 0.812. The van der Waals surface area contributed by atoms with Crippen LogP contribution in [0.3, 0.4) is 0 Å². The number of nitrogens with zero attached hydrogens (tertiary/aromatic N) is 1. The molecule has 0 aromatic heterocycles. The number of anilines is 2. The minimum absolute atomic E-state index is 0.142. The number of carbonyl (C=O) groups is 1. The van der Waals surface area contributed by atoms with Gasteiger partial charge in [-0.2, -0.15) is 0 Å². The summed E-state index contributed by atoms with van der Waals surface area (Å²) in [4.78, 5) is 14.4. The highest BCUT2D eigenvalue weighted by atomic mass is 19.1. The molecule has 2 aromatic carbocycles. The van der Waals surface area contributed by atoms with Crippen LogP contribution >= 0.6 is 0 Å². The van der Waals surface area contributed by atoms with E-state index in [0.29, 0.717) is 11.3 Å². The second kappa shape index (κ2) is 8.92. The lowest BCUT2D eigenvalue weighted by atomic mass is 10.1. The van der Waals surface area contributed by atoms with Crippen LogP contribution in [0.1, 0.15) is 18.5 Å². The van der Waals surface area contributed by atoms with E-state index >= 15 is 0 Å². The Bertz CT molecular complexity index is 777. The minimum Gasteiger partial charge on any atom is -0.378 e. The maximum atomic E-state index is 13.8. The van der Waals surface area contributed by atoms with Crippen molar-refractivity contribution in [1.29, 1.82) is 0 Å². The van der Waals surface area contributed by atoms with Crippen LogP contribution in [0.4, 0.5) is 20.2 Å². The van der Waals surface area contributed by atoms with Gasteiger partial charge in [-0.05, 0) is 43.3 Å². The molecule has 1 aliphatic heterocycles. The highest BCUT2D eigenvalue weighted by Crippen LogP contribution is 2.19. The number of benzene rings is 2. The van der Waals surface area contributed by atoms with Gasteiger partial charge < -0.3 is 20.3 Å². The predicted octanol–water partition coefficient (Wildman–Crippen LogP) is 2.06.